The van der Waals surface area contributed by atoms with Gasteiger partial charge in [0, 0.05) is 4.47 Å². The van der Waals surface area contributed by atoms with Crippen LogP contribution in [0.15, 0.2) is 51.4 Å². The molecule has 0 fully saturated rings. The van der Waals surface area contributed by atoms with Crippen LogP contribution in [0.5, 0.6) is 5.75 Å². The average Bonchev–Trinajstić information content (AvgIpc) is 2.33. The molecule has 0 saturated carbocycles. The second kappa shape index (κ2) is 5.67. The van der Waals surface area contributed by atoms with Crippen LogP contribution in [0.3, 0.4) is 0 Å². The summed E-state index contributed by atoms with van der Waals surface area (Å²) in [5, 5.41) is 0. The lowest BCUT2D eigenvalue weighted by molar-refractivity contribution is 0.0733. The molecule has 0 saturated heterocycles. The van der Waals surface area contributed by atoms with E-state index in [1.54, 1.807) is 12.1 Å². The molecule has 0 aromatic heterocycles. The number of esters is 1. The Morgan fingerprint density at radius 3 is 2.50 bits per heavy atom. The minimum Gasteiger partial charge on any atom is -0.422 e. The number of benzene rings is 2. The number of ether oxygens (including phenoxy) is 1. The smallest absolute Gasteiger partial charge is 0.343 e. The molecule has 0 aliphatic heterocycles. The summed E-state index contributed by atoms with van der Waals surface area (Å²) >= 11 is 6.71. The average molecular weight is 370 g/mol. The van der Waals surface area contributed by atoms with Crippen LogP contribution in [0.2, 0.25) is 0 Å². The third kappa shape index (κ3) is 3.00. The van der Waals surface area contributed by atoms with Crippen molar-refractivity contribution in [2.24, 2.45) is 0 Å². The van der Waals surface area contributed by atoms with Crippen molar-refractivity contribution in [1.29, 1.82) is 0 Å². The van der Waals surface area contributed by atoms with Gasteiger partial charge in [-0.2, -0.15) is 0 Å². The summed E-state index contributed by atoms with van der Waals surface area (Å²) in [7, 11) is 0. The molecule has 0 radical (unpaired) electrons. The maximum Gasteiger partial charge on any atom is 0.343 e. The molecule has 0 bridgehead atoms. The monoisotopic (exact) mass is 368 g/mol. The van der Waals surface area contributed by atoms with Crippen LogP contribution >= 0.6 is 31.9 Å². The lowest BCUT2D eigenvalue weighted by Crippen LogP contribution is -2.10. The van der Waals surface area contributed by atoms with E-state index in [0.29, 0.717) is 11.3 Å². The number of aryl methyl sites for hydroxylation is 1. The molecule has 92 valence electrons. The topological polar surface area (TPSA) is 26.3 Å². The van der Waals surface area contributed by atoms with Gasteiger partial charge in [0.15, 0.2) is 0 Å². The van der Waals surface area contributed by atoms with Gasteiger partial charge < -0.3 is 4.74 Å². The van der Waals surface area contributed by atoms with E-state index in [4.69, 9.17) is 4.74 Å². The molecule has 18 heavy (non-hydrogen) atoms. The fourth-order valence-electron chi connectivity index (χ4n) is 1.51. The first-order valence-electron chi connectivity index (χ1n) is 5.31. The van der Waals surface area contributed by atoms with E-state index in [0.717, 1.165) is 14.5 Å². The zero-order chi connectivity index (χ0) is 13.1. The molecule has 0 heterocycles. The van der Waals surface area contributed by atoms with Gasteiger partial charge in [0.1, 0.15) is 5.75 Å². The Kier molecular flexibility index (Phi) is 4.19. The van der Waals surface area contributed by atoms with Crippen LogP contribution in [0.25, 0.3) is 0 Å². The van der Waals surface area contributed by atoms with Crippen molar-refractivity contribution in [3.05, 3.63) is 62.5 Å². The van der Waals surface area contributed by atoms with Gasteiger partial charge in [0.2, 0.25) is 0 Å². The highest BCUT2D eigenvalue weighted by Gasteiger charge is 2.12. The predicted octanol–water partition coefficient (Wildman–Crippen LogP) is 4.74. The molecular weight excluding hydrogens is 360 g/mol. The largest absolute Gasteiger partial charge is 0.422 e. The Morgan fingerprint density at radius 2 is 1.83 bits per heavy atom. The van der Waals surface area contributed by atoms with Gasteiger partial charge in [-0.1, -0.05) is 34.1 Å². The molecule has 0 aliphatic rings. The summed E-state index contributed by atoms with van der Waals surface area (Å²) in [5.74, 6) is 0.155. The van der Waals surface area contributed by atoms with E-state index in [1.807, 2.05) is 37.3 Å². The number of halogens is 2. The molecule has 0 spiro atoms. The highest BCUT2D eigenvalue weighted by atomic mass is 79.9. The van der Waals surface area contributed by atoms with Crippen molar-refractivity contribution in [3.8, 4) is 5.75 Å². The molecular formula is C14H10Br2O2. The van der Waals surface area contributed by atoms with Gasteiger partial charge in [-0.05, 0) is 52.7 Å². The molecule has 2 nitrogen and oxygen atoms in total. The molecule has 0 amide bonds. The lowest BCUT2D eigenvalue weighted by Gasteiger charge is -2.08. The van der Waals surface area contributed by atoms with Gasteiger partial charge in [-0.3, -0.25) is 0 Å². The molecule has 0 N–H and O–H groups in total. The van der Waals surface area contributed by atoms with Crippen LogP contribution in [0, 0.1) is 6.92 Å². The van der Waals surface area contributed by atoms with E-state index in [1.165, 1.54) is 0 Å². The third-order valence-electron chi connectivity index (χ3n) is 2.46. The van der Waals surface area contributed by atoms with Crippen LogP contribution in [-0.4, -0.2) is 5.97 Å². The number of hydrogen-bond acceptors (Lipinski definition) is 2. The SMILES string of the molecule is Cc1ccccc1C(=O)Oc1ccc(Br)cc1Br. The Labute approximate surface area is 122 Å². The molecule has 0 aliphatic carbocycles. The first-order chi connectivity index (χ1) is 8.58. The number of rotatable bonds is 2. The van der Waals surface area contributed by atoms with E-state index in [-0.39, 0.29) is 5.97 Å². The van der Waals surface area contributed by atoms with Gasteiger partial charge in [-0.25, -0.2) is 4.79 Å². The van der Waals surface area contributed by atoms with Crippen LogP contribution in [-0.2, 0) is 0 Å². The van der Waals surface area contributed by atoms with E-state index in [9.17, 15) is 4.79 Å². The zero-order valence-corrected chi connectivity index (χ0v) is 12.8. The summed E-state index contributed by atoms with van der Waals surface area (Å²) in [4.78, 5) is 12.0. The number of carbonyl (C=O) groups excluding carboxylic acids is 1. The van der Waals surface area contributed by atoms with E-state index >= 15 is 0 Å². The summed E-state index contributed by atoms with van der Waals surface area (Å²) < 4.78 is 7.02. The maximum atomic E-state index is 12.0. The Morgan fingerprint density at radius 1 is 1.11 bits per heavy atom. The fraction of sp³-hybridized carbons (Fsp3) is 0.0714. The fourth-order valence-corrected chi connectivity index (χ4v) is 2.64. The normalized spacial score (nSPS) is 10.2. The van der Waals surface area contributed by atoms with Crippen molar-refractivity contribution in [3.63, 3.8) is 0 Å². The summed E-state index contributed by atoms with van der Waals surface area (Å²) in [6.45, 7) is 1.88. The van der Waals surface area contributed by atoms with Gasteiger partial charge in [0.25, 0.3) is 0 Å². The third-order valence-corrected chi connectivity index (χ3v) is 3.57. The molecule has 4 heteroatoms. The van der Waals surface area contributed by atoms with Crippen molar-refractivity contribution < 1.29 is 9.53 Å². The van der Waals surface area contributed by atoms with Crippen molar-refractivity contribution >= 4 is 37.8 Å². The standard InChI is InChI=1S/C14H10Br2O2/c1-9-4-2-3-5-11(9)14(17)18-13-7-6-10(15)8-12(13)16/h2-8H,1H3. The molecule has 2 aromatic rings. The second-order valence-electron chi connectivity index (χ2n) is 3.78. The van der Waals surface area contributed by atoms with Gasteiger partial charge in [0.05, 0.1) is 10.0 Å². The minimum absolute atomic E-state index is 0.351. The molecule has 0 unspecified atom stereocenters. The minimum atomic E-state index is -0.351. The zero-order valence-electron chi connectivity index (χ0n) is 9.61. The van der Waals surface area contributed by atoms with Crippen LogP contribution in [0.4, 0.5) is 0 Å². The Hall–Kier alpha value is -1.13. The van der Waals surface area contributed by atoms with Gasteiger partial charge in [-0.15, -0.1) is 0 Å². The van der Waals surface area contributed by atoms with Crippen molar-refractivity contribution in [2.75, 3.05) is 0 Å². The van der Waals surface area contributed by atoms with Gasteiger partial charge >= 0.3 is 5.97 Å². The molecule has 2 aromatic carbocycles. The Bertz CT molecular complexity index is 594. The summed E-state index contributed by atoms with van der Waals surface area (Å²) in [6.07, 6.45) is 0. The molecule has 0 atom stereocenters. The first kappa shape index (κ1) is 13.3. The van der Waals surface area contributed by atoms with Crippen LogP contribution in [0.1, 0.15) is 15.9 Å². The quantitative estimate of drug-likeness (QED) is 0.564. The van der Waals surface area contributed by atoms with E-state index in [2.05, 4.69) is 31.9 Å². The van der Waals surface area contributed by atoms with E-state index < -0.39 is 0 Å². The predicted molar refractivity (Wildman–Crippen MR) is 78.0 cm³/mol. The van der Waals surface area contributed by atoms with Crippen molar-refractivity contribution in [1.82, 2.24) is 0 Å². The maximum absolute atomic E-state index is 12.0. The summed E-state index contributed by atoms with van der Waals surface area (Å²) in [5.41, 5.74) is 1.48. The number of hydrogen-bond donors (Lipinski definition) is 0. The Balaban J connectivity index is 2.24. The highest BCUT2D eigenvalue weighted by molar-refractivity contribution is 9.11. The lowest BCUT2D eigenvalue weighted by atomic mass is 10.1. The van der Waals surface area contributed by atoms with Crippen LogP contribution < -0.4 is 4.74 Å². The number of carbonyl (C=O) groups is 1. The highest BCUT2D eigenvalue weighted by Crippen LogP contribution is 2.29. The van der Waals surface area contributed by atoms with Crippen molar-refractivity contribution in [2.45, 2.75) is 6.92 Å². The first-order valence-corrected chi connectivity index (χ1v) is 6.89. The summed E-state index contributed by atoms with van der Waals surface area (Å²) in [6, 6.07) is 12.7. The molecule has 2 rings (SSSR count). The second-order valence-corrected chi connectivity index (χ2v) is 5.55.